The molecule has 0 bridgehead atoms. The summed E-state index contributed by atoms with van der Waals surface area (Å²) in [6.07, 6.45) is 0. The molecule has 0 aliphatic heterocycles. The van der Waals surface area contributed by atoms with Gasteiger partial charge < -0.3 is 0 Å². The minimum absolute atomic E-state index is 0.0898. The lowest BCUT2D eigenvalue weighted by Crippen LogP contribution is -1.90. The number of hydrogen-bond acceptors (Lipinski definition) is 4. The molecule has 2 unspecified atom stereocenters. The Kier molecular flexibility index (Phi) is 2.28. The van der Waals surface area contributed by atoms with Gasteiger partial charge in [0.2, 0.25) is 0 Å². The first kappa shape index (κ1) is 9.61. The van der Waals surface area contributed by atoms with Crippen LogP contribution in [0.1, 0.15) is 11.5 Å². The van der Waals surface area contributed by atoms with Crippen molar-refractivity contribution in [1.29, 1.82) is 0 Å². The van der Waals surface area contributed by atoms with Gasteiger partial charge in [0.05, 0.1) is 4.92 Å². The smallest absolute Gasteiger partial charge is 0.258 e. The molecule has 1 aromatic rings. The van der Waals surface area contributed by atoms with Crippen LogP contribution in [-0.4, -0.2) is 15.0 Å². The first-order chi connectivity index (χ1) is 6.61. The van der Waals surface area contributed by atoms with Crippen LogP contribution in [0.3, 0.4) is 0 Å². The van der Waals surface area contributed by atoms with Crippen LogP contribution < -0.4 is 0 Å². The Balaban J connectivity index is 2.32. The number of thiocarbonyl (C=S) groups is 1. The molecule has 3 nitrogen and oxygen atoms in total. The summed E-state index contributed by atoms with van der Waals surface area (Å²) in [6.45, 7) is 0. The van der Waals surface area contributed by atoms with Gasteiger partial charge in [-0.3, -0.25) is 10.1 Å². The SMILES string of the molecule is O=[N+]([O-])c1cccc(C2C(=S)C2S)c1. The number of nitro groups is 1. The Morgan fingerprint density at radius 1 is 1.50 bits per heavy atom. The summed E-state index contributed by atoms with van der Waals surface area (Å²) in [5.41, 5.74) is 1.00. The molecule has 0 aromatic heterocycles. The van der Waals surface area contributed by atoms with Crippen LogP contribution in [0, 0.1) is 10.1 Å². The van der Waals surface area contributed by atoms with Crippen molar-refractivity contribution in [3.8, 4) is 0 Å². The Bertz CT molecular complexity index is 419. The Hall–Kier alpha value is -0.940. The molecular weight excluding hydrogens is 218 g/mol. The van der Waals surface area contributed by atoms with Crippen LogP contribution >= 0.6 is 24.8 Å². The molecule has 72 valence electrons. The highest BCUT2D eigenvalue weighted by molar-refractivity contribution is 7.88. The van der Waals surface area contributed by atoms with E-state index in [1.165, 1.54) is 6.07 Å². The Morgan fingerprint density at radius 3 is 2.64 bits per heavy atom. The van der Waals surface area contributed by atoms with E-state index in [1.54, 1.807) is 12.1 Å². The maximum atomic E-state index is 10.5. The van der Waals surface area contributed by atoms with Crippen molar-refractivity contribution in [2.45, 2.75) is 11.2 Å². The third-order valence-electron chi connectivity index (χ3n) is 2.24. The topological polar surface area (TPSA) is 43.1 Å². The quantitative estimate of drug-likeness (QED) is 0.363. The van der Waals surface area contributed by atoms with Gasteiger partial charge >= 0.3 is 0 Å². The first-order valence-electron chi connectivity index (χ1n) is 4.07. The number of non-ortho nitro benzene ring substituents is 1. The lowest BCUT2D eigenvalue weighted by Gasteiger charge is -1.96. The highest BCUT2D eigenvalue weighted by Crippen LogP contribution is 2.42. The molecule has 1 aliphatic carbocycles. The van der Waals surface area contributed by atoms with Gasteiger partial charge in [-0.25, -0.2) is 0 Å². The Morgan fingerprint density at radius 2 is 2.14 bits per heavy atom. The standard InChI is InChI=1S/C9H7NO2S2/c11-10(12)6-3-1-2-5(4-6)7-8(13)9(7)14/h1-4,7-8,13H. The highest BCUT2D eigenvalue weighted by atomic mass is 32.1. The number of hydrogen-bond donors (Lipinski definition) is 1. The Labute approximate surface area is 91.7 Å². The molecule has 14 heavy (non-hydrogen) atoms. The molecule has 1 aromatic carbocycles. The second kappa shape index (κ2) is 3.33. The molecule has 1 saturated carbocycles. The van der Waals surface area contributed by atoms with Crippen molar-refractivity contribution >= 4 is 35.4 Å². The number of nitrogens with zero attached hydrogens (tertiary/aromatic N) is 1. The van der Waals surface area contributed by atoms with Crippen molar-refractivity contribution in [2.75, 3.05) is 0 Å². The van der Waals surface area contributed by atoms with Crippen LogP contribution in [0.5, 0.6) is 0 Å². The minimum Gasteiger partial charge on any atom is -0.258 e. The van der Waals surface area contributed by atoms with Gasteiger partial charge in [-0.1, -0.05) is 24.4 Å². The van der Waals surface area contributed by atoms with E-state index < -0.39 is 4.92 Å². The third kappa shape index (κ3) is 1.53. The zero-order valence-electron chi connectivity index (χ0n) is 7.08. The van der Waals surface area contributed by atoms with E-state index in [0.29, 0.717) is 0 Å². The lowest BCUT2D eigenvalue weighted by molar-refractivity contribution is -0.384. The van der Waals surface area contributed by atoms with E-state index in [9.17, 15) is 10.1 Å². The number of thiol groups is 1. The molecule has 2 rings (SSSR count). The molecule has 0 heterocycles. The van der Waals surface area contributed by atoms with Crippen molar-refractivity contribution in [3.05, 3.63) is 39.9 Å². The van der Waals surface area contributed by atoms with Crippen LogP contribution in [0.2, 0.25) is 0 Å². The normalized spacial score (nSPS) is 24.8. The largest absolute Gasteiger partial charge is 0.269 e. The van der Waals surface area contributed by atoms with Crippen LogP contribution in [-0.2, 0) is 0 Å². The van der Waals surface area contributed by atoms with Crippen molar-refractivity contribution in [1.82, 2.24) is 0 Å². The monoisotopic (exact) mass is 225 g/mol. The summed E-state index contributed by atoms with van der Waals surface area (Å²) in [6, 6.07) is 6.56. The molecule has 5 heteroatoms. The zero-order valence-corrected chi connectivity index (χ0v) is 8.79. The minimum atomic E-state index is -0.400. The van der Waals surface area contributed by atoms with Crippen LogP contribution in [0.15, 0.2) is 24.3 Å². The predicted octanol–water partition coefficient (Wildman–Crippen LogP) is 2.36. The van der Waals surface area contributed by atoms with Crippen molar-refractivity contribution in [3.63, 3.8) is 0 Å². The fraction of sp³-hybridized carbons (Fsp3) is 0.222. The molecule has 1 aliphatic rings. The lowest BCUT2D eigenvalue weighted by atomic mass is 10.1. The fourth-order valence-electron chi connectivity index (χ4n) is 1.41. The van der Waals surface area contributed by atoms with Crippen molar-refractivity contribution < 1.29 is 4.92 Å². The maximum Gasteiger partial charge on any atom is 0.269 e. The van der Waals surface area contributed by atoms with Gasteiger partial charge in [-0.05, 0) is 5.56 Å². The second-order valence-corrected chi connectivity index (χ2v) is 4.20. The highest BCUT2D eigenvalue weighted by Gasteiger charge is 2.43. The molecule has 0 N–H and O–H groups in total. The van der Waals surface area contributed by atoms with E-state index >= 15 is 0 Å². The van der Waals surface area contributed by atoms with Crippen LogP contribution in [0.25, 0.3) is 0 Å². The molecule has 0 saturated heterocycles. The van der Waals surface area contributed by atoms with E-state index in [1.807, 2.05) is 6.07 Å². The maximum absolute atomic E-state index is 10.5. The predicted molar refractivity (Wildman–Crippen MR) is 61.2 cm³/mol. The summed E-state index contributed by atoms with van der Waals surface area (Å²) in [7, 11) is 0. The van der Waals surface area contributed by atoms with Gasteiger partial charge in [-0.2, -0.15) is 12.6 Å². The molecule has 0 amide bonds. The molecular formula is C9H7NO2S2. The first-order valence-corrected chi connectivity index (χ1v) is 5.00. The van der Waals surface area contributed by atoms with Crippen LogP contribution in [0.4, 0.5) is 5.69 Å². The summed E-state index contributed by atoms with van der Waals surface area (Å²) < 4.78 is 0. The number of benzene rings is 1. The zero-order chi connectivity index (χ0) is 10.3. The van der Waals surface area contributed by atoms with Gasteiger partial charge in [-0.15, -0.1) is 0 Å². The number of rotatable bonds is 2. The molecule has 2 atom stereocenters. The van der Waals surface area contributed by atoms with E-state index in [0.717, 1.165) is 10.4 Å². The van der Waals surface area contributed by atoms with Gasteiger partial charge in [0.15, 0.2) is 0 Å². The summed E-state index contributed by atoms with van der Waals surface area (Å²) in [5.74, 6) is 0.119. The average molecular weight is 225 g/mol. The molecule has 0 radical (unpaired) electrons. The third-order valence-corrected chi connectivity index (χ3v) is 3.50. The fourth-order valence-corrected chi connectivity index (χ4v) is 2.25. The second-order valence-electron chi connectivity index (χ2n) is 3.18. The summed E-state index contributed by atoms with van der Waals surface area (Å²) in [4.78, 5) is 11.0. The van der Waals surface area contributed by atoms with Gasteiger partial charge in [0.25, 0.3) is 5.69 Å². The molecule has 0 spiro atoms. The summed E-state index contributed by atoms with van der Waals surface area (Å²) >= 11 is 9.29. The van der Waals surface area contributed by atoms with Gasteiger partial charge in [0.1, 0.15) is 0 Å². The molecule has 1 fully saturated rings. The summed E-state index contributed by atoms with van der Waals surface area (Å²) in [5, 5.41) is 10.6. The van der Waals surface area contributed by atoms with Gasteiger partial charge in [0, 0.05) is 28.2 Å². The number of nitro benzene ring substituents is 1. The van der Waals surface area contributed by atoms with Crippen molar-refractivity contribution in [2.24, 2.45) is 0 Å². The average Bonchev–Trinajstić information content (AvgIpc) is 2.75. The van der Waals surface area contributed by atoms with E-state index in [4.69, 9.17) is 12.2 Å². The van der Waals surface area contributed by atoms with E-state index in [2.05, 4.69) is 12.6 Å². The van der Waals surface area contributed by atoms with E-state index in [-0.39, 0.29) is 16.9 Å².